The number of nitro groups is 1. The van der Waals surface area contributed by atoms with E-state index in [4.69, 9.17) is 0 Å². The molecule has 28 heavy (non-hydrogen) atoms. The molecule has 0 saturated carbocycles. The topological polar surface area (TPSA) is 122 Å². The van der Waals surface area contributed by atoms with Crippen LogP contribution in [0.25, 0.3) is 0 Å². The number of anilines is 2. The maximum atomic E-state index is 12.1. The molecule has 1 heterocycles. The van der Waals surface area contributed by atoms with Gasteiger partial charge >= 0.3 is 5.69 Å². The Morgan fingerprint density at radius 2 is 1.61 bits per heavy atom. The van der Waals surface area contributed by atoms with Crippen LogP contribution in [0.4, 0.5) is 17.3 Å². The fraction of sp³-hybridized carbons (Fsp3) is 0.105. The quantitative estimate of drug-likeness (QED) is 0.426. The lowest BCUT2D eigenvalue weighted by Crippen LogP contribution is -2.30. The van der Waals surface area contributed by atoms with Crippen LogP contribution in [0.1, 0.15) is 28.9 Å². The molecule has 3 rings (SSSR count). The van der Waals surface area contributed by atoms with Crippen molar-refractivity contribution in [2.45, 2.75) is 13.0 Å². The van der Waals surface area contributed by atoms with Gasteiger partial charge in [-0.05, 0) is 24.6 Å². The van der Waals surface area contributed by atoms with Crippen molar-refractivity contribution in [3.63, 3.8) is 0 Å². The monoisotopic (exact) mass is 378 g/mol. The van der Waals surface area contributed by atoms with Crippen LogP contribution < -0.4 is 16.2 Å². The molecule has 2 aromatic carbocycles. The third kappa shape index (κ3) is 4.39. The van der Waals surface area contributed by atoms with Crippen molar-refractivity contribution in [2.75, 3.05) is 10.7 Å². The third-order valence-corrected chi connectivity index (χ3v) is 3.99. The van der Waals surface area contributed by atoms with Crippen molar-refractivity contribution < 1.29 is 9.72 Å². The molecule has 0 fully saturated rings. The van der Waals surface area contributed by atoms with E-state index in [1.807, 2.05) is 37.3 Å². The number of amides is 1. The van der Waals surface area contributed by atoms with Gasteiger partial charge in [0.05, 0.1) is 11.0 Å². The van der Waals surface area contributed by atoms with Crippen molar-refractivity contribution in [1.82, 2.24) is 15.4 Å². The molecule has 1 aromatic heterocycles. The number of rotatable bonds is 7. The van der Waals surface area contributed by atoms with Gasteiger partial charge in [-0.15, -0.1) is 0 Å². The number of hydrazine groups is 1. The molecule has 1 unspecified atom stereocenters. The smallest absolute Gasteiger partial charge is 0.354 e. The standard InChI is InChI=1S/C19H18N6O3/c1-13(14-8-4-2-5-9-14)22-17-16(25(27)28)18(21-12-20-17)23-24-19(26)15-10-6-3-7-11-15/h2-13H,1H3,(H,24,26)(H2,20,21,22,23). The SMILES string of the molecule is CC(Nc1ncnc(NNC(=O)c2ccccc2)c1[N+](=O)[O-])c1ccccc1. The molecule has 9 heteroatoms. The van der Waals surface area contributed by atoms with Crippen LogP contribution in [0.15, 0.2) is 67.0 Å². The maximum Gasteiger partial charge on any atom is 0.354 e. The number of hydrogen-bond acceptors (Lipinski definition) is 7. The molecule has 0 aliphatic carbocycles. The summed E-state index contributed by atoms with van der Waals surface area (Å²) < 4.78 is 0. The average Bonchev–Trinajstić information content (AvgIpc) is 2.73. The molecule has 1 atom stereocenters. The molecule has 142 valence electrons. The Morgan fingerprint density at radius 1 is 1.00 bits per heavy atom. The predicted molar refractivity (Wildman–Crippen MR) is 105 cm³/mol. The summed E-state index contributed by atoms with van der Waals surface area (Å²) in [5, 5.41) is 14.6. The highest BCUT2D eigenvalue weighted by atomic mass is 16.6. The maximum absolute atomic E-state index is 12.1. The minimum atomic E-state index is -0.600. The second-order valence-corrected chi connectivity index (χ2v) is 5.90. The number of nitrogens with one attached hydrogen (secondary N) is 3. The van der Waals surface area contributed by atoms with Gasteiger partial charge in [0.2, 0.25) is 11.6 Å². The summed E-state index contributed by atoms with van der Waals surface area (Å²) in [4.78, 5) is 31.0. The molecule has 3 aromatic rings. The first-order valence-electron chi connectivity index (χ1n) is 8.48. The molecule has 0 aliphatic rings. The molecule has 0 aliphatic heterocycles. The van der Waals surface area contributed by atoms with Gasteiger partial charge in [0.15, 0.2) is 0 Å². The van der Waals surface area contributed by atoms with E-state index in [1.54, 1.807) is 30.3 Å². The minimum Gasteiger partial charge on any atom is -0.358 e. The van der Waals surface area contributed by atoms with Crippen LogP contribution in [0.5, 0.6) is 0 Å². The van der Waals surface area contributed by atoms with Crippen molar-refractivity contribution >= 4 is 23.2 Å². The average molecular weight is 378 g/mol. The van der Waals surface area contributed by atoms with Crippen LogP contribution in [0, 0.1) is 10.1 Å². The molecule has 9 nitrogen and oxygen atoms in total. The van der Waals surface area contributed by atoms with Gasteiger partial charge in [0.25, 0.3) is 5.91 Å². The second kappa shape index (κ2) is 8.58. The number of nitrogens with zero attached hydrogens (tertiary/aromatic N) is 3. The van der Waals surface area contributed by atoms with Crippen molar-refractivity contribution in [3.05, 3.63) is 88.2 Å². The number of hydrogen-bond donors (Lipinski definition) is 3. The zero-order chi connectivity index (χ0) is 19.9. The Balaban J connectivity index is 1.79. The third-order valence-electron chi connectivity index (χ3n) is 3.99. The van der Waals surface area contributed by atoms with Crippen molar-refractivity contribution in [2.24, 2.45) is 0 Å². The number of carbonyl (C=O) groups excluding carboxylic acids is 1. The lowest BCUT2D eigenvalue weighted by atomic mass is 10.1. The van der Waals surface area contributed by atoms with Gasteiger partial charge in [0.1, 0.15) is 6.33 Å². The molecule has 3 N–H and O–H groups in total. The lowest BCUT2D eigenvalue weighted by molar-refractivity contribution is -0.383. The Kier molecular flexibility index (Phi) is 5.75. The van der Waals surface area contributed by atoms with Crippen LogP contribution >= 0.6 is 0 Å². The van der Waals surface area contributed by atoms with Crippen molar-refractivity contribution in [3.8, 4) is 0 Å². The van der Waals surface area contributed by atoms with E-state index in [1.165, 1.54) is 6.33 Å². The normalized spacial score (nSPS) is 11.3. The van der Waals surface area contributed by atoms with Gasteiger partial charge in [0, 0.05) is 5.56 Å². The molecule has 0 spiro atoms. The van der Waals surface area contributed by atoms with Crippen LogP contribution in [-0.4, -0.2) is 20.8 Å². The Bertz CT molecular complexity index is 966. The van der Waals surface area contributed by atoms with Gasteiger partial charge < -0.3 is 5.32 Å². The zero-order valence-corrected chi connectivity index (χ0v) is 15.0. The first-order chi connectivity index (χ1) is 13.6. The van der Waals surface area contributed by atoms with E-state index in [0.717, 1.165) is 5.56 Å². The summed E-state index contributed by atoms with van der Waals surface area (Å²) in [6.45, 7) is 1.87. The highest BCUT2D eigenvalue weighted by Gasteiger charge is 2.24. The van der Waals surface area contributed by atoms with E-state index in [-0.39, 0.29) is 23.4 Å². The van der Waals surface area contributed by atoms with E-state index < -0.39 is 10.8 Å². The summed E-state index contributed by atoms with van der Waals surface area (Å²) in [6.07, 6.45) is 1.18. The predicted octanol–water partition coefficient (Wildman–Crippen LogP) is 3.31. The number of aromatic nitrogens is 2. The molecular formula is C19H18N6O3. The van der Waals surface area contributed by atoms with Crippen LogP contribution in [0.3, 0.4) is 0 Å². The fourth-order valence-corrected chi connectivity index (χ4v) is 2.56. The van der Waals surface area contributed by atoms with E-state index in [0.29, 0.717) is 5.56 Å². The highest BCUT2D eigenvalue weighted by molar-refractivity contribution is 5.95. The van der Waals surface area contributed by atoms with E-state index >= 15 is 0 Å². The fourth-order valence-electron chi connectivity index (χ4n) is 2.56. The molecule has 1 amide bonds. The first-order valence-corrected chi connectivity index (χ1v) is 8.48. The zero-order valence-electron chi connectivity index (χ0n) is 15.0. The number of benzene rings is 2. The molecule has 0 radical (unpaired) electrons. The molecule has 0 bridgehead atoms. The minimum absolute atomic E-state index is 0.0489. The summed E-state index contributed by atoms with van der Waals surface area (Å²) in [5.74, 6) is -0.513. The summed E-state index contributed by atoms with van der Waals surface area (Å²) in [5.41, 5.74) is 5.91. The lowest BCUT2D eigenvalue weighted by Gasteiger charge is -2.16. The number of carbonyl (C=O) groups is 1. The van der Waals surface area contributed by atoms with Crippen LogP contribution in [-0.2, 0) is 0 Å². The van der Waals surface area contributed by atoms with Gasteiger partial charge in [-0.25, -0.2) is 9.97 Å². The van der Waals surface area contributed by atoms with Gasteiger partial charge in [-0.1, -0.05) is 48.5 Å². The van der Waals surface area contributed by atoms with E-state index in [9.17, 15) is 14.9 Å². The van der Waals surface area contributed by atoms with Crippen molar-refractivity contribution in [1.29, 1.82) is 0 Å². The van der Waals surface area contributed by atoms with Crippen LogP contribution in [0.2, 0.25) is 0 Å². The molecular weight excluding hydrogens is 360 g/mol. The Hall–Kier alpha value is -4.01. The molecule has 0 saturated heterocycles. The largest absolute Gasteiger partial charge is 0.358 e. The summed E-state index contributed by atoms with van der Waals surface area (Å²) >= 11 is 0. The van der Waals surface area contributed by atoms with E-state index in [2.05, 4.69) is 26.1 Å². The first kappa shape index (κ1) is 18.8. The highest BCUT2D eigenvalue weighted by Crippen LogP contribution is 2.31. The summed E-state index contributed by atoms with van der Waals surface area (Å²) in [7, 11) is 0. The Morgan fingerprint density at radius 3 is 2.25 bits per heavy atom. The Labute approximate surface area is 161 Å². The van der Waals surface area contributed by atoms with Gasteiger partial charge in [-0.2, -0.15) is 0 Å². The van der Waals surface area contributed by atoms with Gasteiger partial charge in [-0.3, -0.25) is 25.8 Å². The second-order valence-electron chi connectivity index (χ2n) is 5.90. The summed E-state index contributed by atoms with van der Waals surface area (Å²) in [6, 6.07) is 17.7.